The predicted octanol–water partition coefficient (Wildman–Crippen LogP) is 6.99. The van der Waals surface area contributed by atoms with Gasteiger partial charge >= 0.3 is 11.9 Å². The summed E-state index contributed by atoms with van der Waals surface area (Å²) in [6.45, 7) is 19.4. The average molecular weight is 528 g/mol. The van der Waals surface area contributed by atoms with Crippen molar-refractivity contribution in [1.82, 2.24) is 5.32 Å². The van der Waals surface area contributed by atoms with Crippen LogP contribution in [0.15, 0.2) is 18.2 Å². The summed E-state index contributed by atoms with van der Waals surface area (Å²) < 4.78 is 11.5. The third kappa shape index (κ3) is 6.86. The molecule has 4 unspecified atom stereocenters. The van der Waals surface area contributed by atoms with Gasteiger partial charge in [-0.2, -0.15) is 0 Å². The van der Waals surface area contributed by atoms with E-state index < -0.39 is 0 Å². The highest BCUT2D eigenvalue weighted by molar-refractivity contribution is 5.98. The molecule has 1 N–H and O–H groups in total. The Morgan fingerprint density at radius 2 is 1.29 bits per heavy atom. The van der Waals surface area contributed by atoms with Crippen LogP contribution in [-0.2, 0) is 9.59 Å². The molecule has 4 atom stereocenters. The van der Waals surface area contributed by atoms with E-state index in [2.05, 4.69) is 46.9 Å². The summed E-state index contributed by atoms with van der Waals surface area (Å²) >= 11 is 0. The molecule has 38 heavy (non-hydrogen) atoms. The zero-order valence-corrected chi connectivity index (χ0v) is 25.0. The van der Waals surface area contributed by atoms with Crippen molar-refractivity contribution in [3.05, 3.63) is 23.8 Å². The third-order valence-electron chi connectivity index (χ3n) is 9.65. The first-order valence-electron chi connectivity index (χ1n) is 14.4. The van der Waals surface area contributed by atoms with Gasteiger partial charge in [-0.05, 0) is 86.3 Å². The van der Waals surface area contributed by atoms with Gasteiger partial charge in [0.15, 0.2) is 17.3 Å². The van der Waals surface area contributed by atoms with Crippen molar-refractivity contribution >= 4 is 17.7 Å². The lowest BCUT2D eigenvalue weighted by molar-refractivity contribution is -0.143. The number of hydrogen-bond donors (Lipinski definition) is 1. The van der Waals surface area contributed by atoms with E-state index in [1.165, 1.54) is 6.07 Å². The number of esters is 2. The maximum absolute atomic E-state index is 13.0. The minimum absolute atomic E-state index is 0.0887. The molecule has 0 saturated heterocycles. The van der Waals surface area contributed by atoms with E-state index in [1.807, 2.05) is 20.8 Å². The summed E-state index contributed by atoms with van der Waals surface area (Å²) in [5.74, 6) is 1.24. The Balaban J connectivity index is 1.74. The number of nitrogens with one attached hydrogen (secondary N) is 1. The number of ketones is 1. The summed E-state index contributed by atoms with van der Waals surface area (Å²) in [5.41, 5.74) is 0.389. The molecule has 3 rings (SSSR count). The van der Waals surface area contributed by atoms with Crippen molar-refractivity contribution in [2.75, 3.05) is 6.54 Å². The summed E-state index contributed by atoms with van der Waals surface area (Å²) in [6, 6.07) is 4.74. The second kappa shape index (κ2) is 11.5. The van der Waals surface area contributed by atoms with Crippen LogP contribution in [0.25, 0.3) is 0 Å². The number of ether oxygens (including phenoxy) is 2. The highest BCUT2D eigenvalue weighted by atomic mass is 16.6. The molecule has 0 spiro atoms. The first-order valence-corrected chi connectivity index (χ1v) is 14.4. The molecule has 6 nitrogen and oxygen atoms in total. The molecule has 0 heterocycles. The second-order valence-electron chi connectivity index (χ2n) is 13.8. The molecular formula is C32H49NO5. The molecule has 0 amide bonds. The number of benzene rings is 1. The van der Waals surface area contributed by atoms with E-state index >= 15 is 0 Å². The van der Waals surface area contributed by atoms with E-state index in [-0.39, 0.29) is 64.0 Å². The Bertz CT molecular complexity index is 1030. The maximum Gasteiger partial charge on any atom is 0.311 e. The summed E-state index contributed by atoms with van der Waals surface area (Å²) in [7, 11) is 0. The first-order chi connectivity index (χ1) is 17.6. The standard InChI is InChI=1S/C32H49NO5/c1-10-21-15-23(31(21,6)7)17-28(35)37-26-13-12-20(25(34)19-33-30(3,4)5)14-27(26)38-29(36)18-24-16-22(11-2)32(24,8)9/h12-14,21-24,33H,10-11,15-19H2,1-9H3. The number of Topliss-reactive ketones (excluding diaryl/α,β-unsaturated/α-hetero) is 1. The van der Waals surface area contributed by atoms with E-state index in [1.54, 1.807) is 12.1 Å². The van der Waals surface area contributed by atoms with Crippen molar-refractivity contribution < 1.29 is 23.9 Å². The summed E-state index contributed by atoms with van der Waals surface area (Å²) in [5, 5.41) is 3.19. The molecule has 2 fully saturated rings. The normalized spacial score (nSPS) is 25.6. The molecule has 0 aromatic heterocycles. The van der Waals surface area contributed by atoms with E-state index in [0.717, 1.165) is 25.7 Å². The van der Waals surface area contributed by atoms with E-state index in [4.69, 9.17) is 9.47 Å². The SMILES string of the molecule is CCC1CC(CC(=O)Oc2ccc(C(=O)CNC(C)(C)C)cc2OC(=O)CC2CC(CC)C2(C)C)C1(C)C. The van der Waals surface area contributed by atoms with Crippen molar-refractivity contribution in [3.8, 4) is 11.5 Å². The topological polar surface area (TPSA) is 81.7 Å². The van der Waals surface area contributed by atoms with E-state index in [9.17, 15) is 14.4 Å². The zero-order valence-electron chi connectivity index (χ0n) is 25.0. The van der Waals surface area contributed by atoms with Gasteiger partial charge in [-0.15, -0.1) is 0 Å². The number of rotatable bonds is 11. The first kappa shape index (κ1) is 30.3. The van der Waals surface area contributed by atoms with Crippen LogP contribution in [0.2, 0.25) is 0 Å². The molecule has 212 valence electrons. The molecule has 0 radical (unpaired) electrons. The highest BCUT2D eigenvalue weighted by Gasteiger charge is 2.48. The largest absolute Gasteiger partial charge is 0.423 e. The monoisotopic (exact) mass is 527 g/mol. The summed E-state index contributed by atoms with van der Waals surface area (Å²) in [4.78, 5) is 38.8. The highest BCUT2D eigenvalue weighted by Crippen LogP contribution is 2.55. The lowest BCUT2D eigenvalue weighted by Gasteiger charge is -2.52. The fourth-order valence-corrected chi connectivity index (χ4v) is 6.35. The fourth-order valence-electron chi connectivity index (χ4n) is 6.35. The molecule has 2 aliphatic rings. The van der Waals surface area contributed by atoms with Crippen LogP contribution in [0.4, 0.5) is 0 Å². The van der Waals surface area contributed by atoms with Crippen LogP contribution in [0.3, 0.4) is 0 Å². The number of carbonyl (C=O) groups is 3. The van der Waals surface area contributed by atoms with Crippen LogP contribution in [0.1, 0.15) is 111 Å². The van der Waals surface area contributed by atoms with Crippen LogP contribution in [0, 0.1) is 34.5 Å². The molecule has 0 aliphatic heterocycles. The Hall–Kier alpha value is -2.21. The van der Waals surface area contributed by atoms with E-state index in [0.29, 0.717) is 30.2 Å². The fraction of sp³-hybridized carbons (Fsp3) is 0.719. The molecule has 6 heteroatoms. The molecule has 1 aromatic rings. The molecule has 2 saturated carbocycles. The van der Waals surface area contributed by atoms with Crippen LogP contribution >= 0.6 is 0 Å². The van der Waals surface area contributed by atoms with Gasteiger partial charge in [-0.3, -0.25) is 14.4 Å². The molecule has 1 aromatic carbocycles. The van der Waals surface area contributed by atoms with Gasteiger partial charge in [0.05, 0.1) is 6.54 Å². The van der Waals surface area contributed by atoms with Gasteiger partial charge in [-0.25, -0.2) is 0 Å². The van der Waals surface area contributed by atoms with Gasteiger partial charge in [0.1, 0.15) is 0 Å². The van der Waals surface area contributed by atoms with Gasteiger partial charge in [0.2, 0.25) is 0 Å². The smallest absolute Gasteiger partial charge is 0.311 e. The van der Waals surface area contributed by atoms with Gasteiger partial charge < -0.3 is 14.8 Å². The van der Waals surface area contributed by atoms with Crippen LogP contribution < -0.4 is 14.8 Å². The summed E-state index contributed by atoms with van der Waals surface area (Å²) in [6.07, 6.45) is 4.85. The predicted molar refractivity (Wildman–Crippen MR) is 150 cm³/mol. The minimum atomic E-state index is -0.363. The van der Waals surface area contributed by atoms with Gasteiger partial charge in [-0.1, -0.05) is 54.4 Å². The molecule has 2 aliphatic carbocycles. The maximum atomic E-state index is 13.0. The Kier molecular flexibility index (Phi) is 9.17. The average Bonchev–Trinajstić information content (AvgIpc) is 2.82. The molecule has 0 bridgehead atoms. The number of carbonyl (C=O) groups excluding carboxylic acids is 3. The van der Waals surface area contributed by atoms with Crippen LogP contribution in [-0.4, -0.2) is 29.8 Å². The number of hydrogen-bond acceptors (Lipinski definition) is 6. The van der Waals surface area contributed by atoms with Crippen molar-refractivity contribution in [1.29, 1.82) is 0 Å². The third-order valence-corrected chi connectivity index (χ3v) is 9.65. The second-order valence-corrected chi connectivity index (χ2v) is 13.8. The zero-order chi connectivity index (χ0) is 28.5. The van der Waals surface area contributed by atoms with Gasteiger partial charge in [0.25, 0.3) is 0 Å². The Morgan fingerprint density at radius 3 is 1.71 bits per heavy atom. The van der Waals surface area contributed by atoms with Crippen LogP contribution in [0.5, 0.6) is 11.5 Å². The quantitative estimate of drug-likeness (QED) is 0.190. The van der Waals surface area contributed by atoms with Crippen molar-refractivity contribution in [3.63, 3.8) is 0 Å². The lowest BCUT2D eigenvalue weighted by Crippen LogP contribution is -2.45. The Morgan fingerprint density at radius 1 is 0.816 bits per heavy atom. The van der Waals surface area contributed by atoms with Crippen molar-refractivity contribution in [2.24, 2.45) is 34.5 Å². The lowest BCUT2D eigenvalue weighted by atomic mass is 9.53. The molecular weight excluding hydrogens is 478 g/mol. The minimum Gasteiger partial charge on any atom is -0.423 e. The van der Waals surface area contributed by atoms with Crippen molar-refractivity contribution in [2.45, 2.75) is 106 Å². The Labute approximate surface area is 229 Å². The van der Waals surface area contributed by atoms with Gasteiger partial charge in [0, 0.05) is 23.9 Å².